The van der Waals surface area contributed by atoms with Gasteiger partial charge >= 0.3 is 0 Å². The van der Waals surface area contributed by atoms with Crippen molar-refractivity contribution in [3.05, 3.63) is 29.8 Å². The molecule has 0 aromatic carbocycles. The van der Waals surface area contributed by atoms with Crippen molar-refractivity contribution in [2.75, 3.05) is 5.43 Å². The van der Waals surface area contributed by atoms with Crippen LogP contribution in [0.3, 0.4) is 0 Å². The molecule has 1 unspecified atom stereocenters. The minimum absolute atomic E-state index is 0.0281. The number of nitrogen functional groups attached to an aromatic ring is 1. The zero-order valence-electron chi connectivity index (χ0n) is 10.9. The summed E-state index contributed by atoms with van der Waals surface area (Å²) in [5.74, 6) is 5.98. The summed E-state index contributed by atoms with van der Waals surface area (Å²) in [6.07, 6.45) is 4.81. The van der Waals surface area contributed by atoms with E-state index in [2.05, 4.69) is 25.1 Å². The summed E-state index contributed by atoms with van der Waals surface area (Å²) in [5, 5.41) is 1.72. The molecule has 0 spiro atoms. The maximum Gasteiger partial charge on any atom is 0.261 e. The first kappa shape index (κ1) is 14.0. The zero-order valence-corrected chi connectivity index (χ0v) is 12.6. The average Bonchev–Trinajstić information content (AvgIpc) is 3.13. The first-order chi connectivity index (χ1) is 10.0. The van der Waals surface area contributed by atoms with Crippen LogP contribution in [0.4, 0.5) is 5.82 Å². The fraction of sp³-hybridized carbons (Fsp3) is 0.200. The number of sulfonamides is 1. The van der Waals surface area contributed by atoms with Gasteiger partial charge < -0.3 is 10.4 Å². The maximum absolute atomic E-state index is 12.6. The number of hydrazine groups is 1. The summed E-state index contributed by atoms with van der Waals surface area (Å²) in [6.45, 7) is 1.69. The van der Waals surface area contributed by atoms with Gasteiger partial charge in [-0.05, 0) is 6.92 Å². The first-order valence-corrected chi connectivity index (χ1v) is 8.33. The summed E-state index contributed by atoms with van der Waals surface area (Å²) in [6, 6.07) is -0.514. The number of imidazole rings is 2. The van der Waals surface area contributed by atoms with Crippen molar-refractivity contribution in [3.8, 4) is 0 Å². The van der Waals surface area contributed by atoms with Gasteiger partial charge in [0.05, 0.1) is 6.04 Å². The number of aromatic amines is 1. The lowest BCUT2D eigenvalue weighted by Crippen LogP contribution is -2.29. The van der Waals surface area contributed by atoms with E-state index in [4.69, 9.17) is 5.84 Å². The van der Waals surface area contributed by atoms with Crippen LogP contribution >= 0.6 is 11.3 Å². The normalized spacial score (nSPS) is 13.6. The van der Waals surface area contributed by atoms with Gasteiger partial charge in [0.25, 0.3) is 10.0 Å². The highest BCUT2D eigenvalue weighted by atomic mass is 32.2. The van der Waals surface area contributed by atoms with Crippen molar-refractivity contribution in [2.45, 2.75) is 18.0 Å². The Morgan fingerprint density at radius 2 is 2.33 bits per heavy atom. The van der Waals surface area contributed by atoms with E-state index in [1.165, 1.54) is 15.7 Å². The van der Waals surface area contributed by atoms with Crippen molar-refractivity contribution in [2.24, 2.45) is 5.84 Å². The van der Waals surface area contributed by atoms with Crippen LogP contribution in [-0.2, 0) is 10.0 Å². The third-order valence-corrected chi connectivity index (χ3v) is 5.19. The molecule has 0 amide bonds. The van der Waals surface area contributed by atoms with Gasteiger partial charge in [-0.1, -0.05) is 0 Å². The van der Waals surface area contributed by atoms with E-state index in [-0.39, 0.29) is 10.8 Å². The summed E-state index contributed by atoms with van der Waals surface area (Å²) < 4.78 is 29.2. The van der Waals surface area contributed by atoms with Gasteiger partial charge in [0.1, 0.15) is 5.82 Å². The van der Waals surface area contributed by atoms with Crippen LogP contribution in [0.5, 0.6) is 0 Å². The molecule has 3 aromatic rings. The molecule has 21 heavy (non-hydrogen) atoms. The number of H-pyrrole nitrogens is 1. The van der Waals surface area contributed by atoms with Crippen LogP contribution in [0, 0.1) is 0 Å². The number of hydrogen-bond acceptors (Lipinski definition) is 7. The SMILES string of the molecule is CC(NS(=O)(=O)c1c(NN)nc2sccn12)c1ncc[nH]1. The van der Waals surface area contributed by atoms with Crippen LogP contribution < -0.4 is 16.0 Å². The van der Waals surface area contributed by atoms with Crippen LogP contribution in [0.15, 0.2) is 29.0 Å². The molecule has 0 saturated heterocycles. The molecule has 5 N–H and O–H groups in total. The average molecular weight is 327 g/mol. The number of nitrogens with zero attached hydrogens (tertiary/aromatic N) is 3. The Bertz CT molecular complexity index is 849. The number of aromatic nitrogens is 4. The molecule has 0 aliphatic carbocycles. The fourth-order valence-corrected chi connectivity index (χ4v) is 4.20. The molecule has 9 nitrogen and oxygen atoms in total. The monoisotopic (exact) mass is 327 g/mol. The molecule has 3 heterocycles. The summed E-state index contributed by atoms with van der Waals surface area (Å²) in [7, 11) is -3.83. The second-order valence-electron chi connectivity index (χ2n) is 4.28. The van der Waals surface area contributed by atoms with E-state index in [9.17, 15) is 8.42 Å². The highest BCUT2D eigenvalue weighted by Gasteiger charge is 2.28. The Morgan fingerprint density at radius 1 is 1.52 bits per heavy atom. The van der Waals surface area contributed by atoms with Crippen molar-refractivity contribution >= 4 is 32.1 Å². The quantitative estimate of drug-likeness (QED) is 0.397. The number of thiazole rings is 1. The topological polar surface area (TPSA) is 130 Å². The van der Waals surface area contributed by atoms with E-state index in [0.717, 1.165) is 0 Å². The minimum atomic E-state index is -3.83. The lowest BCUT2D eigenvalue weighted by molar-refractivity contribution is 0.557. The molecule has 11 heteroatoms. The van der Waals surface area contributed by atoms with Gasteiger partial charge in [-0.3, -0.25) is 4.40 Å². The fourth-order valence-electron chi connectivity index (χ4n) is 1.97. The molecule has 112 valence electrons. The highest BCUT2D eigenvalue weighted by molar-refractivity contribution is 7.89. The smallest absolute Gasteiger partial charge is 0.261 e. The molecule has 0 fully saturated rings. The second kappa shape index (κ2) is 5.11. The van der Waals surface area contributed by atoms with Crippen molar-refractivity contribution in [1.29, 1.82) is 0 Å². The number of nitrogens with one attached hydrogen (secondary N) is 3. The first-order valence-electron chi connectivity index (χ1n) is 5.96. The summed E-state index contributed by atoms with van der Waals surface area (Å²) >= 11 is 1.32. The molecule has 1 atom stereocenters. The Morgan fingerprint density at radius 3 is 3.00 bits per heavy atom. The van der Waals surface area contributed by atoms with Gasteiger partial charge in [0.15, 0.2) is 10.8 Å². The maximum atomic E-state index is 12.6. The molecule has 0 saturated carbocycles. The number of hydrogen-bond donors (Lipinski definition) is 4. The van der Waals surface area contributed by atoms with Gasteiger partial charge in [-0.2, -0.15) is 9.71 Å². The van der Waals surface area contributed by atoms with Gasteiger partial charge in [0.2, 0.25) is 5.03 Å². The lowest BCUT2D eigenvalue weighted by Gasteiger charge is -2.12. The van der Waals surface area contributed by atoms with E-state index >= 15 is 0 Å². The van der Waals surface area contributed by atoms with Crippen molar-refractivity contribution in [3.63, 3.8) is 0 Å². The molecular weight excluding hydrogens is 314 g/mol. The van der Waals surface area contributed by atoms with Gasteiger partial charge in [0, 0.05) is 24.0 Å². The Hall–Kier alpha value is -1.95. The minimum Gasteiger partial charge on any atom is -0.347 e. The third-order valence-electron chi connectivity index (χ3n) is 2.87. The van der Waals surface area contributed by atoms with Crippen molar-refractivity contribution in [1.82, 2.24) is 24.1 Å². The van der Waals surface area contributed by atoms with Crippen LogP contribution in [0.25, 0.3) is 4.96 Å². The standard InChI is InChI=1S/C10H13N7O2S2/c1-6(7-12-2-3-13-7)16-21(18,19)9-8(15-11)14-10-17(9)4-5-20-10/h2-6,15-16H,11H2,1H3,(H,12,13). The molecule has 0 bridgehead atoms. The van der Waals surface area contributed by atoms with E-state index in [0.29, 0.717) is 10.8 Å². The molecule has 0 aliphatic rings. The third kappa shape index (κ3) is 2.40. The molecular formula is C10H13N7O2S2. The Kier molecular flexibility index (Phi) is 3.41. The molecule has 0 radical (unpaired) electrons. The van der Waals surface area contributed by atoms with E-state index < -0.39 is 16.1 Å². The van der Waals surface area contributed by atoms with Crippen LogP contribution in [0.2, 0.25) is 0 Å². The van der Waals surface area contributed by atoms with Crippen molar-refractivity contribution < 1.29 is 8.42 Å². The number of nitrogens with two attached hydrogens (primary N) is 1. The predicted octanol–water partition coefficient (Wildman–Crippen LogP) is 0.444. The molecule has 3 rings (SSSR count). The number of fused-ring (bicyclic) bond motifs is 1. The van der Waals surface area contributed by atoms with Gasteiger partial charge in [-0.25, -0.2) is 19.2 Å². The largest absolute Gasteiger partial charge is 0.347 e. The Balaban J connectivity index is 2.02. The van der Waals surface area contributed by atoms with Crippen LogP contribution in [0.1, 0.15) is 18.8 Å². The van der Waals surface area contributed by atoms with Crippen LogP contribution in [-0.4, -0.2) is 27.8 Å². The van der Waals surface area contributed by atoms with E-state index in [1.54, 1.807) is 30.9 Å². The summed E-state index contributed by atoms with van der Waals surface area (Å²) in [4.78, 5) is 11.6. The van der Waals surface area contributed by atoms with Gasteiger partial charge in [-0.15, -0.1) is 11.3 Å². The Labute approximate surface area is 124 Å². The zero-order chi connectivity index (χ0) is 15.0. The molecule has 3 aromatic heterocycles. The lowest BCUT2D eigenvalue weighted by atomic mass is 10.3. The van der Waals surface area contributed by atoms with E-state index in [1.807, 2.05) is 0 Å². The number of anilines is 1. The second-order valence-corrected chi connectivity index (χ2v) is 6.79. The summed E-state index contributed by atoms with van der Waals surface area (Å²) in [5.41, 5.74) is 2.32. The molecule has 0 aliphatic heterocycles. The predicted molar refractivity (Wildman–Crippen MR) is 78.2 cm³/mol. The number of rotatable bonds is 5. The highest BCUT2D eigenvalue weighted by Crippen LogP contribution is 2.26.